The maximum Gasteiger partial charge on any atom is 0.413 e. The summed E-state index contributed by atoms with van der Waals surface area (Å²) in [6.45, 7) is 0.00323. The van der Waals surface area contributed by atoms with Crippen LogP contribution in [-0.4, -0.2) is 33.9 Å². The number of fused-ring (bicyclic) bond motifs is 2. The van der Waals surface area contributed by atoms with Crippen molar-refractivity contribution in [1.82, 2.24) is 4.90 Å². The Morgan fingerprint density at radius 3 is 2.76 bits per heavy atom. The van der Waals surface area contributed by atoms with Crippen LogP contribution in [0.1, 0.15) is 24.8 Å². The highest BCUT2D eigenvalue weighted by molar-refractivity contribution is 5.82. The molecule has 2 fully saturated rings. The summed E-state index contributed by atoms with van der Waals surface area (Å²) in [6, 6.07) is 7.89. The van der Waals surface area contributed by atoms with Crippen LogP contribution in [-0.2, 0) is 16.1 Å². The van der Waals surface area contributed by atoms with Crippen molar-refractivity contribution >= 4 is 12.1 Å². The molecule has 0 radical (unpaired) electrons. The molecule has 1 aliphatic carbocycles. The van der Waals surface area contributed by atoms with Gasteiger partial charge in [-0.3, -0.25) is 4.90 Å². The molecule has 3 atom stereocenters. The molecule has 6 heteroatoms. The van der Waals surface area contributed by atoms with Crippen LogP contribution in [0.25, 0.3) is 0 Å². The van der Waals surface area contributed by atoms with Crippen molar-refractivity contribution in [2.75, 3.05) is 0 Å². The lowest BCUT2D eigenvalue weighted by molar-refractivity contribution is -0.148. The fourth-order valence-corrected chi connectivity index (χ4v) is 3.34. The van der Waals surface area contributed by atoms with E-state index in [1.54, 1.807) is 24.3 Å². The molecule has 1 aromatic carbocycles. The summed E-state index contributed by atoms with van der Waals surface area (Å²) in [5, 5.41) is 9.24. The average molecular weight is 293 g/mol. The Labute approximate surface area is 121 Å². The number of carboxylic acids is 1. The van der Waals surface area contributed by atoms with Crippen molar-refractivity contribution in [2.45, 2.75) is 37.7 Å². The quantitative estimate of drug-likeness (QED) is 0.870. The van der Waals surface area contributed by atoms with E-state index in [2.05, 4.69) is 0 Å². The van der Waals surface area contributed by atoms with Crippen molar-refractivity contribution in [2.24, 2.45) is 5.92 Å². The minimum atomic E-state index is -1.87. The largest absolute Gasteiger partial charge is 0.480 e. The molecule has 0 aromatic heterocycles. The molecule has 21 heavy (non-hydrogen) atoms. The van der Waals surface area contributed by atoms with Crippen LogP contribution in [0.3, 0.4) is 0 Å². The van der Waals surface area contributed by atoms with Crippen LogP contribution in [0.15, 0.2) is 30.3 Å². The molecule has 2 aliphatic rings. The minimum absolute atomic E-state index is 0.00323. The maximum atomic E-state index is 14.7. The maximum absolute atomic E-state index is 14.7. The van der Waals surface area contributed by atoms with Gasteiger partial charge >= 0.3 is 12.1 Å². The lowest BCUT2D eigenvalue weighted by Gasteiger charge is -2.35. The van der Waals surface area contributed by atoms with Gasteiger partial charge < -0.3 is 9.84 Å². The highest BCUT2D eigenvalue weighted by Gasteiger charge is 2.62. The van der Waals surface area contributed by atoms with Gasteiger partial charge in [0.15, 0.2) is 5.79 Å². The predicted molar refractivity (Wildman–Crippen MR) is 71.1 cm³/mol. The Balaban J connectivity index is 1.72. The zero-order valence-corrected chi connectivity index (χ0v) is 11.4. The number of alkyl halides is 1. The molecule has 1 heterocycles. The van der Waals surface area contributed by atoms with Crippen molar-refractivity contribution in [3.05, 3.63) is 35.9 Å². The first-order chi connectivity index (χ1) is 10.0. The number of benzene rings is 1. The standard InChI is InChI=1S/C15H16FNO4/c16-15-7-6-11(8-15)12(13(18)19)17(15)14(20)21-9-10-4-2-1-3-5-10/h1-5,11-12H,6-9H2,(H,18,19)/t11-,12+,15+/m1/s1. The summed E-state index contributed by atoms with van der Waals surface area (Å²) >= 11 is 0. The zero-order valence-electron chi connectivity index (χ0n) is 11.4. The number of carbonyl (C=O) groups excluding carboxylic acids is 1. The number of hydrogen-bond acceptors (Lipinski definition) is 3. The van der Waals surface area contributed by atoms with Gasteiger partial charge in [0, 0.05) is 12.8 Å². The molecule has 1 N–H and O–H groups in total. The molecule has 1 aliphatic heterocycles. The number of aliphatic carboxylic acids is 1. The first-order valence-electron chi connectivity index (χ1n) is 6.93. The van der Waals surface area contributed by atoms with E-state index in [0.717, 1.165) is 10.5 Å². The number of carbonyl (C=O) groups is 2. The third-order valence-electron chi connectivity index (χ3n) is 4.28. The normalized spacial score (nSPS) is 30.4. The first kappa shape index (κ1) is 13.9. The number of hydrogen-bond donors (Lipinski definition) is 1. The third kappa shape index (κ3) is 2.34. The molecule has 1 saturated heterocycles. The molecule has 5 nitrogen and oxygen atoms in total. The van der Waals surface area contributed by atoms with Crippen LogP contribution in [0, 0.1) is 5.92 Å². The Morgan fingerprint density at radius 1 is 1.38 bits per heavy atom. The van der Waals surface area contributed by atoms with Gasteiger partial charge in [0.25, 0.3) is 0 Å². The van der Waals surface area contributed by atoms with E-state index in [-0.39, 0.29) is 25.4 Å². The van der Waals surface area contributed by atoms with E-state index < -0.39 is 23.9 Å². The van der Waals surface area contributed by atoms with Gasteiger partial charge in [0.05, 0.1) is 0 Å². The third-order valence-corrected chi connectivity index (χ3v) is 4.28. The predicted octanol–water partition coefficient (Wildman–Crippen LogP) is 2.56. The number of amides is 1. The van der Waals surface area contributed by atoms with Crippen LogP contribution in [0.4, 0.5) is 9.18 Å². The second-order valence-electron chi connectivity index (χ2n) is 5.61. The Kier molecular flexibility index (Phi) is 3.31. The van der Waals surface area contributed by atoms with E-state index >= 15 is 0 Å². The fourth-order valence-electron chi connectivity index (χ4n) is 3.34. The van der Waals surface area contributed by atoms with Crippen LogP contribution < -0.4 is 0 Å². The smallest absolute Gasteiger partial charge is 0.413 e. The second-order valence-corrected chi connectivity index (χ2v) is 5.61. The lowest BCUT2D eigenvalue weighted by Crippen LogP contribution is -2.53. The number of piperidine rings is 1. The van der Waals surface area contributed by atoms with Crippen molar-refractivity contribution in [3.63, 3.8) is 0 Å². The Bertz CT molecular complexity index is 564. The highest BCUT2D eigenvalue weighted by atomic mass is 19.1. The van der Waals surface area contributed by atoms with E-state index in [0.29, 0.717) is 6.42 Å². The number of carboxylic acid groups (broad SMARTS) is 1. The topological polar surface area (TPSA) is 66.8 Å². The molecular weight excluding hydrogens is 277 g/mol. The Hall–Kier alpha value is -2.11. The fraction of sp³-hybridized carbons (Fsp3) is 0.467. The zero-order chi connectivity index (χ0) is 15.0. The molecule has 3 rings (SSSR count). The second kappa shape index (κ2) is 5.02. The van der Waals surface area contributed by atoms with Crippen LogP contribution in [0.5, 0.6) is 0 Å². The molecule has 112 valence electrons. The molecule has 1 saturated carbocycles. The summed E-state index contributed by atoms with van der Waals surface area (Å²) in [5.74, 6) is -3.37. The van der Waals surface area contributed by atoms with Gasteiger partial charge in [-0.1, -0.05) is 30.3 Å². The van der Waals surface area contributed by atoms with Crippen molar-refractivity contribution in [1.29, 1.82) is 0 Å². The average Bonchev–Trinajstić information content (AvgIpc) is 2.99. The van der Waals surface area contributed by atoms with E-state index in [1.165, 1.54) is 0 Å². The summed E-state index contributed by atoms with van der Waals surface area (Å²) in [5.41, 5.74) is 0.773. The lowest BCUT2D eigenvalue weighted by atomic mass is 9.99. The summed E-state index contributed by atoms with van der Waals surface area (Å²) in [6.07, 6.45) is -0.127. The number of rotatable bonds is 3. The van der Waals surface area contributed by atoms with E-state index in [4.69, 9.17) is 4.74 Å². The van der Waals surface area contributed by atoms with E-state index in [9.17, 15) is 19.1 Å². The van der Waals surface area contributed by atoms with Crippen LogP contribution >= 0.6 is 0 Å². The number of likely N-dealkylation sites (tertiary alicyclic amines) is 1. The molecule has 1 amide bonds. The van der Waals surface area contributed by atoms with Crippen molar-refractivity contribution < 1.29 is 23.8 Å². The van der Waals surface area contributed by atoms with Gasteiger partial charge in [-0.05, 0) is 17.9 Å². The molecular formula is C15H16FNO4. The molecule has 2 bridgehead atoms. The van der Waals surface area contributed by atoms with Crippen molar-refractivity contribution in [3.8, 4) is 0 Å². The van der Waals surface area contributed by atoms with Gasteiger partial charge in [-0.25, -0.2) is 14.0 Å². The molecule has 0 unspecified atom stereocenters. The van der Waals surface area contributed by atoms with E-state index in [1.807, 2.05) is 6.07 Å². The summed E-state index contributed by atoms with van der Waals surface area (Å²) in [7, 11) is 0. The minimum Gasteiger partial charge on any atom is -0.480 e. The highest BCUT2D eigenvalue weighted by Crippen LogP contribution is 2.51. The van der Waals surface area contributed by atoms with Crippen LogP contribution in [0.2, 0.25) is 0 Å². The number of nitrogens with zero attached hydrogens (tertiary/aromatic N) is 1. The number of ether oxygens (including phenoxy) is 1. The summed E-state index contributed by atoms with van der Waals surface area (Å²) in [4.78, 5) is 24.2. The first-order valence-corrected chi connectivity index (χ1v) is 6.93. The monoisotopic (exact) mass is 293 g/mol. The van der Waals surface area contributed by atoms with Gasteiger partial charge in [0.1, 0.15) is 12.6 Å². The SMILES string of the molecule is O=C(O)[C@@H]1[C@@H]2CC[C@@](F)(C2)N1C(=O)OCc1ccccc1. The molecule has 1 aromatic rings. The summed E-state index contributed by atoms with van der Waals surface area (Å²) < 4.78 is 19.8. The number of halogens is 1. The van der Waals surface area contributed by atoms with Gasteiger partial charge in [0.2, 0.25) is 0 Å². The van der Waals surface area contributed by atoms with Gasteiger partial charge in [-0.2, -0.15) is 0 Å². The Morgan fingerprint density at radius 2 is 2.10 bits per heavy atom. The van der Waals surface area contributed by atoms with Gasteiger partial charge in [-0.15, -0.1) is 0 Å². The molecule has 0 spiro atoms.